The van der Waals surface area contributed by atoms with Crippen LogP contribution in [-0.4, -0.2) is 10.1 Å². The lowest BCUT2D eigenvalue weighted by Crippen LogP contribution is -2.00. The molecule has 19 heavy (non-hydrogen) atoms. The molecule has 0 fully saturated rings. The molecule has 0 aliphatic carbocycles. The van der Waals surface area contributed by atoms with Gasteiger partial charge < -0.3 is 9.84 Å². The highest BCUT2D eigenvalue weighted by Crippen LogP contribution is 2.29. The van der Waals surface area contributed by atoms with Crippen molar-refractivity contribution in [2.75, 3.05) is 0 Å². The molecule has 0 aliphatic heterocycles. The molecule has 0 atom stereocenters. The number of benzene rings is 1. The van der Waals surface area contributed by atoms with Gasteiger partial charge in [-0.15, -0.1) is 0 Å². The van der Waals surface area contributed by atoms with Gasteiger partial charge in [0.05, 0.1) is 11.6 Å². The first kappa shape index (κ1) is 13.8. The fourth-order valence-electron chi connectivity index (χ4n) is 1.76. The van der Waals surface area contributed by atoms with Crippen molar-refractivity contribution in [1.29, 1.82) is 0 Å². The molecular weight excluding hydrogens is 269 g/mol. The Bertz CT molecular complexity index is 617. The van der Waals surface area contributed by atoms with Gasteiger partial charge in [-0.1, -0.05) is 11.6 Å². The van der Waals surface area contributed by atoms with Crippen molar-refractivity contribution < 1.29 is 14.2 Å². The number of halogens is 2. The van der Waals surface area contributed by atoms with E-state index < -0.39 is 5.82 Å². The Morgan fingerprint density at radius 3 is 2.68 bits per heavy atom. The van der Waals surface area contributed by atoms with E-state index in [9.17, 15) is 9.50 Å². The number of aromatic nitrogens is 1. The van der Waals surface area contributed by atoms with Crippen molar-refractivity contribution in [2.24, 2.45) is 0 Å². The highest BCUT2D eigenvalue weighted by atomic mass is 35.5. The number of aryl methyl sites for hydroxylation is 2. The summed E-state index contributed by atoms with van der Waals surface area (Å²) in [6.45, 7) is 3.52. The van der Waals surface area contributed by atoms with Gasteiger partial charge in [-0.2, -0.15) is 0 Å². The van der Waals surface area contributed by atoms with Crippen LogP contribution >= 0.6 is 11.6 Å². The molecule has 0 amide bonds. The summed E-state index contributed by atoms with van der Waals surface area (Å²) >= 11 is 5.69. The minimum atomic E-state index is -0.509. The number of nitrogens with zero attached hydrogens (tertiary/aromatic N) is 1. The number of aliphatic hydroxyl groups is 1. The first-order chi connectivity index (χ1) is 9.01. The summed E-state index contributed by atoms with van der Waals surface area (Å²) in [4.78, 5) is 4.23. The minimum Gasteiger partial charge on any atom is -0.439 e. The third-order valence-corrected chi connectivity index (χ3v) is 2.99. The predicted molar refractivity (Wildman–Crippen MR) is 71.1 cm³/mol. The van der Waals surface area contributed by atoms with Gasteiger partial charge >= 0.3 is 0 Å². The molecule has 0 saturated carbocycles. The molecule has 3 nitrogen and oxygen atoms in total. The van der Waals surface area contributed by atoms with Crippen LogP contribution in [0.4, 0.5) is 4.39 Å². The number of ether oxygens (including phenoxy) is 1. The van der Waals surface area contributed by atoms with Crippen molar-refractivity contribution in [3.63, 3.8) is 0 Å². The summed E-state index contributed by atoms with van der Waals surface area (Å²) in [6.07, 6.45) is 0. The number of hydrogen-bond donors (Lipinski definition) is 1. The summed E-state index contributed by atoms with van der Waals surface area (Å²) in [5, 5.41) is 9.34. The Kier molecular flexibility index (Phi) is 4.02. The topological polar surface area (TPSA) is 42.4 Å². The zero-order valence-electron chi connectivity index (χ0n) is 10.6. The molecule has 0 saturated heterocycles. The third-order valence-electron chi connectivity index (χ3n) is 2.70. The molecule has 0 unspecified atom stereocenters. The Labute approximate surface area is 115 Å². The van der Waals surface area contributed by atoms with Gasteiger partial charge in [0.15, 0.2) is 0 Å². The maximum Gasteiger partial charge on any atom is 0.225 e. The van der Waals surface area contributed by atoms with E-state index in [-0.39, 0.29) is 11.6 Å². The molecule has 1 aromatic carbocycles. The zero-order valence-corrected chi connectivity index (χ0v) is 11.3. The number of rotatable bonds is 3. The van der Waals surface area contributed by atoms with Crippen LogP contribution in [0.2, 0.25) is 5.02 Å². The van der Waals surface area contributed by atoms with E-state index in [1.165, 1.54) is 18.2 Å². The normalized spacial score (nSPS) is 10.6. The second kappa shape index (κ2) is 5.55. The van der Waals surface area contributed by atoms with E-state index in [4.69, 9.17) is 16.3 Å². The maximum absolute atomic E-state index is 13.1. The molecule has 1 heterocycles. The van der Waals surface area contributed by atoms with Crippen molar-refractivity contribution in [3.05, 3.63) is 51.9 Å². The first-order valence-electron chi connectivity index (χ1n) is 5.72. The second-order valence-corrected chi connectivity index (χ2v) is 4.61. The average Bonchev–Trinajstić information content (AvgIpc) is 2.33. The SMILES string of the molecule is Cc1cc(C)c(CO)c(Oc2ccc(F)c(Cl)c2)n1. The molecule has 0 spiro atoms. The molecule has 100 valence electrons. The lowest BCUT2D eigenvalue weighted by molar-refractivity contribution is 0.274. The largest absolute Gasteiger partial charge is 0.439 e. The quantitative estimate of drug-likeness (QED) is 0.931. The minimum absolute atomic E-state index is 0.0209. The third kappa shape index (κ3) is 3.03. The molecule has 1 N–H and O–H groups in total. The Morgan fingerprint density at radius 2 is 2.05 bits per heavy atom. The molecule has 0 radical (unpaired) electrons. The predicted octanol–water partition coefficient (Wildman–Crippen LogP) is 3.78. The molecule has 2 rings (SSSR count). The smallest absolute Gasteiger partial charge is 0.225 e. The van der Waals surface area contributed by atoms with E-state index >= 15 is 0 Å². The molecule has 1 aromatic heterocycles. The van der Waals surface area contributed by atoms with E-state index in [0.717, 1.165) is 11.3 Å². The monoisotopic (exact) mass is 281 g/mol. The van der Waals surface area contributed by atoms with Gasteiger partial charge in [0, 0.05) is 17.3 Å². The fourth-order valence-corrected chi connectivity index (χ4v) is 1.93. The van der Waals surface area contributed by atoms with Crippen molar-refractivity contribution in [3.8, 4) is 11.6 Å². The van der Waals surface area contributed by atoms with Gasteiger partial charge in [0.2, 0.25) is 5.88 Å². The highest BCUT2D eigenvalue weighted by Gasteiger charge is 2.11. The first-order valence-corrected chi connectivity index (χ1v) is 6.10. The fraction of sp³-hybridized carbons (Fsp3) is 0.214. The standard InChI is InChI=1S/C14H13ClFNO2/c1-8-5-9(2)17-14(11(8)7-18)19-10-3-4-13(16)12(15)6-10/h3-6,18H,7H2,1-2H3. The van der Waals surface area contributed by atoms with Crippen LogP contribution in [0, 0.1) is 19.7 Å². The Morgan fingerprint density at radius 1 is 1.32 bits per heavy atom. The summed E-state index contributed by atoms with van der Waals surface area (Å²) in [5.41, 5.74) is 2.27. The molecule has 0 bridgehead atoms. The molecular formula is C14H13ClFNO2. The zero-order chi connectivity index (χ0) is 14.0. The van der Waals surface area contributed by atoms with Gasteiger partial charge in [-0.05, 0) is 37.6 Å². The Balaban J connectivity index is 2.39. The maximum atomic E-state index is 13.1. The van der Waals surface area contributed by atoms with E-state index in [1.54, 1.807) is 0 Å². The van der Waals surface area contributed by atoms with Crippen LogP contribution in [0.15, 0.2) is 24.3 Å². The number of hydrogen-bond acceptors (Lipinski definition) is 3. The van der Waals surface area contributed by atoms with Crippen molar-refractivity contribution >= 4 is 11.6 Å². The van der Waals surface area contributed by atoms with Crippen LogP contribution in [0.5, 0.6) is 11.6 Å². The second-order valence-electron chi connectivity index (χ2n) is 4.20. The van der Waals surface area contributed by atoms with E-state index in [1.807, 2.05) is 19.9 Å². The lowest BCUT2D eigenvalue weighted by atomic mass is 10.1. The molecule has 0 aliphatic rings. The Hall–Kier alpha value is -1.65. The van der Waals surface area contributed by atoms with Crippen LogP contribution in [0.25, 0.3) is 0 Å². The summed E-state index contributed by atoms with van der Waals surface area (Å²) in [7, 11) is 0. The average molecular weight is 282 g/mol. The van der Waals surface area contributed by atoms with Gasteiger partial charge in [-0.3, -0.25) is 0 Å². The van der Waals surface area contributed by atoms with Crippen molar-refractivity contribution in [2.45, 2.75) is 20.5 Å². The van der Waals surface area contributed by atoms with E-state index in [0.29, 0.717) is 17.2 Å². The summed E-state index contributed by atoms with van der Waals surface area (Å²) < 4.78 is 18.6. The number of pyridine rings is 1. The van der Waals surface area contributed by atoms with Crippen LogP contribution in [-0.2, 0) is 6.61 Å². The molecule has 2 aromatic rings. The number of aliphatic hydroxyl groups excluding tert-OH is 1. The lowest BCUT2D eigenvalue weighted by Gasteiger charge is -2.12. The van der Waals surface area contributed by atoms with Crippen LogP contribution in [0.3, 0.4) is 0 Å². The summed E-state index contributed by atoms with van der Waals surface area (Å²) in [6, 6.07) is 5.91. The molecule has 5 heteroatoms. The van der Waals surface area contributed by atoms with Gasteiger partial charge in [-0.25, -0.2) is 9.37 Å². The van der Waals surface area contributed by atoms with Gasteiger partial charge in [0.1, 0.15) is 11.6 Å². The van der Waals surface area contributed by atoms with Crippen molar-refractivity contribution in [1.82, 2.24) is 4.98 Å². The van der Waals surface area contributed by atoms with Crippen LogP contribution < -0.4 is 4.74 Å². The van der Waals surface area contributed by atoms with Crippen LogP contribution in [0.1, 0.15) is 16.8 Å². The van der Waals surface area contributed by atoms with Gasteiger partial charge in [0.25, 0.3) is 0 Å². The summed E-state index contributed by atoms with van der Waals surface area (Å²) in [5.74, 6) is 0.172. The highest BCUT2D eigenvalue weighted by molar-refractivity contribution is 6.30. The van der Waals surface area contributed by atoms with E-state index in [2.05, 4.69) is 4.98 Å².